The molecule has 0 bridgehead atoms. The Bertz CT molecular complexity index is 480. The molecule has 6 heteroatoms. The van der Waals surface area contributed by atoms with Crippen molar-refractivity contribution < 1.29 is 14.3 Å². The van der Waals surface area contributed by atoms with Crippen LogP contribution in [-0.2, 0) is 9.47 Å². The van der Waals surface area contributed by atoms with Crippen molar-refractivity contribution in [2.45, 2.75) is 25.4 Å². The minimum atomic E-state index is -0.280. The van der Waals surface area contributed by atoms with Gasteiger partial charge >= 0.3 is 0 Å². The number of H-pyrrole nitrogens is 1. The number of nitrogens with one attached hydrogen (secondary N) is 2. The lowest BCUT2D eigenvalue weighted by Crippen LogP contribution is -2.27. The van der Waals surface area contributed by atoms with Crippen molar-refractivity contribution in [3.05, 3.63) is 34.2 Å². The molecule has 110 valence electrons. The maximum absolute atomic E-state index is 11.7. The number of ether oxygens (including phenoxy) is 2. The summed E-state index contributed by atoms with van der Waals surface area (Å²) in [5.74, 6) is -0.276. The Morgan fingerprint density at radius 3 is 3.15 bits per heavy atom. The number of pyridine rings is 1. The van der Waals surface area contributed by atoms with E-state index in [9.17, 15) is 9.59 Å². The molecule has 0 aromatic carbocycles. The van der Waals surface area contributed by atoms with Crippen molar-refractivity contribution in [1.82, 2.24) is 10.3 Å². The van der Waals surface area contributed by atoms with Crippen LogP contribution in [0.4, 0.5) is 0 Å². The first kappa shape index (κ1) is 14.7. The van der Waals surface area contributed by atoms with Crippen LogP contribution in [-0.4, -0.2) is 43.4 Å². The van der Waals surface area contributed by atoms with Crippen LogP contribution >= 0.6 is 0 Å². The molecule has 0 saturated carbocycles. The van der Waals surface area contributed by atoms with Gasteiger partial charge < -0.3 is 19.8 Å². The predicted octanol–water partition coefficient (Wildman–Crippen LogP) is 0.690. The number of aromatic nitrogens is 1. The summed E-state index contributed by atoms with van der Waals surface area (Å²) in [6, 6.07) is 4.50. The van der Waals surface area contributed by atoms with Crippen LogP contribution in [0.2, 0.25) is 0 Å². The zero-order chi connectivity index (χ0) is 14.2. The summed E-state index contributed by atoms with van der Waals surface area (Å²) in [5, 5.41) is 2.73. The quantitative estimate of drug-likeness (QED) is 0.720. The van der Waals surface area contributed by atoms with E-state index in [1.807, 2.05) is 0 Å². The fraction of sp³-hybridized carbons (Fsp3) is 0.571. The van der Waals surface area contributed by atoms with E-state index < -0.39 is 0 Å². The van der Waals surface area contributed by atoms with Crippen LogP contribution in [0.3, 0.4) is 0 Å². The van der Waals surface area contributed by atoms with Gasteiger partial charge in [0.2, 0.25) is 5.56 Å². The van der Waals surface area contributed by atoms with Gasteiger partial charge in [-0.25, -0.2) is 0 Å². The van der Waals surface area contributed by atoms with Crippen LogP contribution in [0.15, 0.2) is 23.0 Å². The average Bonchev–Trinajstić information content (AvgIpc) is 2.95. The molecule has 2 N–H and O–H groups in total. The lowest BCUT2D eigenvalue weighted by atomic mass is 10.2. The van der Waals surface area contributed by atoms with Crippen molar-refractivity contribution in [2.75, 3.05) is 26.4 Å². The van der Waals surface area contributed by atoms with Crippen LogP contribution in [0.25, 0.3) is 0 Å². The van der Waals surface area contributed by atoms with Gasteiger partial charge in [0.05, 0.1) is 12.7 Å². The molecule has 1 unspecified atom stereocenters. The number of aromatic amines is 1. The monoisotopic (exact) mass is 280 g/mol. The van der Waals surface area contributed by atoms with Crippen molar-refractivity contribution in [3.8, 4) is 0 Å². The van der Waals surface area contributed by atoms with Gasteiger partial charge in [-0.3, -0.25) is 9.59 Å². The maximum Gasteiger partial charge on any atom is 0.267 e. The molecule has 2 heterocycles. The normalized spacial score (nSPS) is 18.1. The minimum Gasteiger partial charge on any atom is -0.379 e. The van der Waals surface area contributed by atoms with E-state index in [4.69, 9.17) is 9.47 Å². The van der Waals surface area contributed by atoms with Crippen LogP contribution < -0.4 is 10.9 Å². The first-order valence-electron chi connectivity index (χ1n) is 6.92. The number of rotatable bonds is 7. The summed E-state index contributed by atoms with van der Waals surface area (Å²) in [4.78, 5) is 25.2. The van der Waals surface area contributed by atoms with Crippen LogP contribution in [0, 0.1) is 0 Å². The van der Waals surface area contributed by atoms with Crippen molar-refractivity contribution in [1.29, 1.82) is 0 Å². The Balaban J connectivity index is 1.56. The molecule has 1 aliphatic rings. The SMILES string of the molecule is O=C(NCCCOCC1CCCO1)c1cccc(=O)[nH]1. The highest BCUT2D eigenvalue weighted by Crippen LogP contribution is 2.11. The summed E-state index contributed by atoms with van der Waals surface area (Å²) in [6.45, 7) is 2.56. The Morgan fingerprint density at radius 1 is 1.50 bits per heavy atom. The van der Waals surface area contributed by atoms with Gasteiger partial charge in [0.25, 0.3) is 5.91 Å². The lowest BCUT2D eigenvalue weighted by molar-refractivity contribution is 0.0166. The van der Waals surface area contributed by atoms with E-state index >= 15 is 0 Å². The van der Waals surface area contributed by atoms with Crippen molar-refractivity contribution in [2.24, 2.45) is 0 Å². The number of amides is 1. The average molecular weight is 280 g/mol. The molecular weight excluding hydrogens is 260 g/mol. The van der Waals surface area contributed by atoms with E-state index in [2.05, 4.69) is 10.3 Å². The van der Waals surface area contributed by atoms with E-state index in [-0.39, 0.29) is 23.3 Å². The van der Waals surface area contributed by atoms with Gasteiger partial charge in [-0.2, -0.15) is 0 Å². The fourth-order valence-electron chi connectivity index (χ4n) is 2.04. The minimum absolute atomic E-state index is 0.235. The maximum atomic E-state index is 11.7. The Kier molecular flexibility index (Phi) is 5.76. The first-order valence-corrected chi connectivity index (χ1v) is 6.92. The molecule has 0 aliphatic carbocycles. The van der Waals surface area contributed by atoms with Crippen molar-refractivity contribution in [3.63, 3.8) is 0 Å². The summed E-state index contributed by atoms with van der Waals surface area (Å²) in [5.41, 5.74) is -0.00433. The Hall–Kier alpha value is -1.66. The largest absolute Gasteiger partial charge is 0.379 e. The van der Waals surface area contributed by atoms with Gasteiger partial charge in [-0.15, -0.1) is 0 Å². The second kappa shape index (κ2) is 7.81. The Morgan fingerprint density at radius 2 is 2.40 bits per heavy atom. The molecule has 1 amide bonds. The highest BCUT2D eigenvalue weighted by Gasteiger charge is 2.14. The molecule has 1 atom stereocenters. The topological polar surface area (TPSA) is 80.4 Å². The molecule has 1 aromatic heterocycles. The zero-order valence-corrected chi connectivity index (χ0v) is 11.4. The van der Waals surface area contributed by atoms with Gasteiger partial charge in [-0.05, 0) is 25.3 Å². The summed E-state index contributed by atoms with van der Waals surface area (Å²) in [7, 11) is 0. The van der Waals surface area contributed by atoms with Gasteiger partial charge in [0.1, 0.15) is 5.69 Å². The molecule has 0 spiro atoms. The standard InChI is InChI=1S/C14H20N2O4/c17-13-6-1-5-12(16-13)14(18)15-7-3-8-19-10-11-4-2-9-20-11/h1,5-6,11H,2-4,7-10H2,(H,15,18)(H,16,17). The molecule has 1 aliphatic heterocycles. The highest BCUT2D eigenvalue weighted by molar-refractivity contribution is 5.92. The molecule has 1 aromatic rings. The molecule has 1 saturated heterocycles. The molecule has 2 rings (SSSR count). The number of carbonyl (C=O) groups is 1. The second-order valence-corrected chi connectivity index (χ2v) is 4.75. The van der Waals surface area contributed by atoms with Crippen LogP contribution in [0.5, 0.6) is 0 Å². The summed E-state index contributed by atoms with van der Waals surface area (Å²) < 4.78 is 10.9. The van der Waals surface area contributed by atoms with Gasteiger partial charge in [0.15, 0.2) is 0 Å². The second-order valence-electron chi connectivity index (χ2n) is 4.75. The van der Waals surface area contributed by atoms with Crippen molar-refractivity contribution >= 4 is 5.91 Å². The van der Waals surface area contributed by atoms with Crippen LogP contribution in [0.1, 0.15) is 29.8 Å². The van der Waals surface area contributed by atoms with Gasteiger partial charge in [-0.1, -0.05) is 6.07 Å². The molecule has 0 radical (unpaired) electrons. The lowest BCUT2D eigenvalue weighted by Gasteiger charge is -2.10. The van der Waals surface area contributed by atoms with E-state index in [1.165, 1.54) is 6.07 Å². The predicted molar refractivity (Wildman–Crippen MR) is 73.8 cm³/mol. The fourth-order valence-corrected chi connectivity index (χ4v) is 2.04. The van der Waals surface area contributed by atoms with Gasteiger partial charge in [0, 0.05) is 25.8 Å². The van der Waals surface area contributed by atoms with E-state index in [0.717, 1.165) is 25.9 Å². The molecule has 6 nitrogen and oxygen atoms in total. The number of hydrogen-bond acceptors (Lipinski definition) is 4. The van der Waals surface area contributed by atoms with E-state index in [1.54, 1.807) is 12.1 Å². The molecule has 20 heavy (non-hydrogen) atoms. The smallest absolute Gasteiger partial charge is 0.267 e. The first-order chi connectivity index (χ1) is 9.75. The third-order valence-corrected chi connectivity index (χ3v) is 3.09. The zero-order valence-electron chi connectivity index (χ0n) is 11.4. The summed E-state index contributed by atoms with van der Waals surface area (Å²) in [6.07, 6.45) is 3.14. The highest BCUT2D eigenvalue weighted by atomic mass is 16.5. The molecular formula is C14H20N2O4. The van der Waals surface area contributed by atoms with E-state index in [0.29, 0.717) is 19.8 Å². The number of carbonyl (C=O) groups excluding carboxylic acids is 1. The third-order valence-electron chi connectivity index (χ3n) is 3.09. The third kappa shape index (κ3) is 4.79. The number of hydrogen-bond donors (Lipinski definition) is 2. The Labute approximate surface area is 117 Å². The molecule has 1 fully saturated rings. The summed E-state index contributed by atoms with van der Waals surface area (Å²) >= 11 is 0.